The molecule has 104 valence electrons. The van der Waals surface area contributed by atoms with E-state index in [2.05, 4.69) is 10.3 Å². The third-order valence-corrected chi connectivity index (χ3v) is 2.87. The molecule has 0 bridgehead atoms. The number of nitrogens with zero attached hydrogens (tertiary/aromatic N) is 1. The molecule has 0 radical (unpaired) electrons. The second-order valence-electron chi connectivity index (χ2n) is 4.23. The number of aryl methyl sites for hydroxylation is 1. The van der Waals surface area contributed by atoms with Crippen molar-refractivity contribution in [3.63, 3.8) is 0 Å². The zero-order valence-electron chi connectivity index (χ0n) is 11.6. The lowest BCUT2D eigenvalue weighted by molar-refractivity contribution is 0.102. The SMILES string of the molecule is COc1ccc(NC(=O)c2ccc(C)c(OC)c2)cn1. The monoisotopic (exact) mass is 272 g/mol. The third kappa shape index (κ3) is 3.06. The van der Waals surface area contributed by atoms with Gasteiger partial charge in [0.2, 0.25) is 5.88 Å². The van der Waals surface area contributed by atoms with E-state index in [1.54, 1.807) is 44.7 Å². The maximum absolute atomic E-state index is 12.1. The van der Waals surface area contributed by atoms with Crippen LogP contribution < -0.4 is 14.8 Å². The van der Waals surface area contributed by atoms with Crippen LogP contribution in [-0.4, -0.2) is 25.1 Å². The predicted octanol–water partition coefficient (Wildman–Crippen LogP) is 2.66. The highest BCUT2D eigenvalue weighted by molar-refractivity contribution is 6.04. The van der Waals surface area contributed by atoms with Gasteiger partial charge in [0, 0.05) is 11.6 Å². The van der Waals surface area contributed by atoms with E-state index in [1.165, 1.54) is 0 Å². The van der Waals surface area contributed by atoms with Gasteiger partial charge in [-0.25, -0.2) is 4.98 Å². The largest absolute Gasteiger partial charge is 0.496 e. The highest BCUT2D eigenvalue weighted by atomic mass is 16.5. The Bertz CT molecular complexity index is 609. The summed E-state index contributed by atoms with van der Waals surface area (Å²) in [5.74, 6) is 0.973. The van der Waals surface area contributed by atoms with Crippen LogP contribution in [0.5, 0.6) is 11.6 Å². The van der Waals surface area contributed by atoms with E-state index >= 15 is 0 Å². The summed E-state index contributed by atoms with van der Waals surface area (Å²) < 4.78 is 10.2. The summed E-state index contributed by atoms with van der Waals surface area (Å²) >= 11 is 0. The smallest absolute Gasteiger partial charge is 0.255 e. The molecule has 5 nitrogen and oxygen atoms in total. The molecule has 1 amide bonds. The van der Waals surface area contributed by atoms with Crippen LogP contribution >= 0.6 is 0 Å². The number of methoxy groups -OCH3 is 2. The van der Waals surface area contributed by atoms with Crippen LogP contribution in [0.3, 0.4) is 0 Å². The molecule has 0 spiro atoms. The predicted molar refractivity (Wildman–Crippen MR) is 76.5 cm³/mol. The van der Waals surface area contributed by atoms with Crippen LogP contribution in [0.4, 0.5) is 5.69 Å². The topological polar surface area (TPSA) is 60.5 Å². The van der Waals surface area contributed by atoms with Crippen LogP contribution in [0.1, 0.15) is 15.9 Å². The molecule has 1 N–H and O–H groups in total. The van der Waals surface area contributed by atoms with Crippen LogP contribution in [-0.2, 0) is 0 Å². The molecule has 0 aliphatic heterocycles. The van der Waals surface area contributed by atoms with Crippen molar-refractivity contribution in [3.05, 3.63) is 47.7 Å². The molecule has 0 unspecified atom stereocenters. The first-order valence-electron chi connectivity index (χ1n) is 6.10. The van der Waals surface area contributed by atoms with Crippen molar-refractivity contribution in [2.45, 2.75) is 6.92 Å². The second-order valence-corrected chi connectivity index (χ2v) is 4.23. The molecule has 0 saturated heterocycles. The van der Waals surface area contributed by atoms with Crippen molar-refractivity contribution in [1.29, 1.82) is 0 Å². The Labute approximate surface area is 117 Å². The Balaban J connectivity index is 2.14. The van der Waals surface area contributed by atoms with Gasteiger partial charge in [0.15, 0.2) is 0 Å². The van der Waals surface area contributed by atoms with Crippen LogP contribution in [0.25, 0.3) is 0 Å². The first-order valence-corrected chi connectivity index (χ1v) is 6.10. The van der Waals surface area contributed by atoms with E-state index in [0.717, 1.165) is 5.56 Å². The first kappa shape index (κ1) is 13.9. The lowest BCUT2D eigenvalue weighted by Gasteiger charge is -2.08. The zero-order chi connectivity index (χ0) is 14.5. The fraction of sp³-hybridized carbons (Fsp3) is 0.200. The Morgan fingerprint density at radius 2 is 1.95 bits per heavy atom. The van der Waals surface area contributed by atoms with Crippen LogP contribution in [0, 0.1) is 6.92 Å². The molecule has 1 heterocycles. The Morgan fingerprint density at radius 3 is 2.55 bits per heavy atom. The molecule has 2 rings (SSSR count). The molecule has 5 heteroatoms. The fourth-order valence-electron chi connectivity index (χ4n) is 1.74. The van der Waals surface area contributed by atoms with Gasteiger partial charge in [-0.1, -0.05) is 6.07 Å². The molecule has 0 aliphatic carbocycles. The van der Waals surface area contributed by atoms with Gasteiger partial charge in [-0.15, -0.1) is 0 Å². The molecule has 0 aliphatic rings. The van der Waals surface area contributed by atoms with Gasteiger partial charge >= 0.3 is 0 Å². The number of pyridine rings is 1. The van der Waals surface area contributed by atoms with Gasteiger partial charge in [-0.2, -0.15) is 0 Å². The fourth-order valence-corrected chi connectivity index (χ4v) is 1.74. The van der Waals surface area contributed by atoms with Crippen molar-refractivity contribution in [1.82, 2.24) is 4.98 Å². The summed E-state index contributed by atoms with van der Waals surface area (Å²) in [6.45, 7) is 1.92. The quantitative estimate of drug-likeness (QED) is 0.929. The molecular weight excluding hydrogens is 256 g/mol. The summed E-state index contributed by atoms with van der Waals surface area (Å²) in [5, 5.41) is 2.77. The number of nitrogens with one attached hydrogen (secondary N) is 1. The van der Waals surface area contributed by atoms with Crippen LogP contribution in [0.15, 0.2) is 36.5 Å². The summed E-state index contributed by atoms with van der Waals surface area (Å²) in [6.07, 6.45) is 1.54. The maximum atomic E-state index is 12.1. The van der Waals surface area contributed by atoms with E-state index in [0.29, 0.717) is 22.9 Å². The highest BCUT2D eigenvalue weighted by Crippen LogP contribution is 2.20. The van der Waals surface area contributed by atoms with Gasteiger partial charge in [0.05, 0.1) is 26.1 Å². The molecule has 0 fully saturated rings. The van der Waals surface area contributed by atoms with Gasteiger partial charge < -0.3 is 14.8 Å². The van der Waals surface area contributed by atoms with Gasteiger partial charge in [0.25, 0.3) is 5.91 Å². The van der Waals surface area contributed by atoms with Crippen LogP contribution in [0.2, 0.25) is 0 Å². The van der Waals surface area contributed by atoms with Crippen molar-refractivity contribution in [2.75, 3.05) is 19.5 Å². The number of ether oxygens (including phenoxy) is 2. The minimum Gasteiger partial charge on any atom is -0.496 e. The standard InChI is InChI=1S/C15H16N2O3/c1-10-4-5-11(8-13(10)19-2)15(18)17-12-6-7-14(20-3)16-9-12/h4-9H,1-3H3,(H,17,18). The minimum absolute atomic E-state index is 0.213. The van der Waals surface area contributed by atoms with Gasteiger partial charge in [-0.3, -0.25) is 4.79 Å². The Morgan fingerprint density at radius 1 is 1.15 bits per heavy atom. The van der Waals surface area contributed by atoms with Crippen molar-refractivity contribution in [2.24, 2.45) is 0 Å². The van der Waals surface area contributed by atoms with E-state index < -0.39 is 0 Å². The lowest BCUT2D eigenvalue weighted by Crippen LogP contribution is -2.12. The Hall–Kier alpha value is -2.56. The van der Waals surface area contributed by atoms with E-state index in [9.17, 15) is 4.79 Å². The number of anilines is 1. The van der Waals surface area contributed by atoms with E-state index in [-0.39, 0.29) is 5.91 Å². The maximum Gasteiger partial charge on any atom is 0.255 e. The number of carbonyl (C=O) groups is 1. The summed E-state index contributed by atoms with van der Waals surface area (Å²) in [6, 6.07) is 8.73. The van der Waals surface area contributed by atoms with Gasteiger partial charge in [-0.05, 0) is 30.7 Å². The molecular formula is C15H16N2O3. The second kappa shape index (κ2) is 6.06. The zero-order valence-corrected chi connectivity index (χ0v) is 11.6. The highest BCUT2D eigenvalue weighted by Gasteiger charge is 2.09. The number of carbonyl (C=O) groups excluding carboxylic acids is 1. The van der Waals surface area contributed by atoms with Gasteiger partial charge in [0.1, 0.15) is 5.75 Å². The average Bonchev–Trinajstić information content (AvgIpc) is 2.48. The summed E-state index contributed by atoms with van der Waals surface area (Å²) in [4.78, 5) is 16.2. The van der Waals surface area contributed by atoms with Crippen molar-refractivity contribution >= 4 is 11.6 Å². The normalized spacial score (nSPS) is 9.95. The van der Waals surface area contributed by atoms with Crippen molar-refractivity contribution < 1.29 is 14.3 Å². The molecule has 20 heavy (non-hydrogen) atoms. The number of hydrogen-bond acceptors (Lipinski definition) is 4. The number of rotatable bonds is 4. The Kier molecular flexibility index (Phi) is 4.20. The molecule has 0 atom stereocenters. The number of hydrogen-bond donors (Lipinski definition) is 1. The molecule has 1 aromatic carbocycles. The number of benzene rings is 1. The van der Waals surface area contributed by atoms with E-state index in [1.807, 2.05) is 13.0 Å². The molecule has 1 aromatic heterocycles. The van der Waals surface area contributed by atoms with Crippen molar-refractivity contribution in [3.8, 4) is 11.6 Å². The van der Waals surface area contributed by atoms with E-state index in [4.69, 9.17) is 9.47 Å². The first-order chi connectivity index (χ1) is 9.63. The summed E-state index contributed by atoms with van der Waals surface area (Å²) in [5.41, 5.74) is 2.12. The molecule has 2 aromatic rings. The summed E-state index contributed by atoms with van der Waals surface area (Å²) in [7, 11) is 3.12. The molecule has 0 saturated carbocycles. The minimum atomic E-state index is -0.213. The number of amides is 1. The number of aromatic nitrogens is 1. The average molecular weight is 272 g/mol. The lowest BCUT2D eigenvalue weighted by atomic mass is 10.1. The third-order valence-electron chi connectivity index (χ3n) is 2.87.